The zero-order valence-electron chi connectivity index (χ0n) is 12.0. The third-order valence-electron chi connectivity index (χ3n) is 4.22. The fourth-order valence-electron chi connectivity index (χ4n) is 3.12. The molecular formula is C15H21N3O2S. The molecule has 1 saturated carbocycles. The number of hydrogen-bond acceptors (Lipinski definition) is 3. The Kier molecular flexibility index (Phi) is 4.43. The predicted molar refractivity (Wildman–Crippen MR) is 82.2 cm³/mol. The molecule has 0 unspecified atom stereocenters. The summed E-state index contributed by atoms with van der Waals surface area (Å²) < 4.78 is 0. The van der Waals surface area contributed by atoms with Crippen molar-refractivity contribution in [3.05, 3.63) is 22.4 Å². The van der Waals surface area contributed by atoms with Crippen LogP contribution >= 0.6 is 11.3 Å². The van der Waals surface area contributed by atoms with Crippen LogP contribution in [0, 0.1) is 0 Å². The lowest BCUT2D eigenvalue weighted by Crippen LogP contribution is -2.56. The van der Waals surface area contributed by atoms with Gasteiger partial charge < -0.3 is 15.5 Å². The van der Waals surface area contributed by atoms with Gasteiger partial charge in [-0.15, -0.1) is 11.3 Å². The molecule has 6 heteroatoms. The maximum atomic E-state index is 12.6. The molecule has 2 heterocycles. The van der Waals surface area contributed by atoms with Gasteiger partial charge in [0, 0.05) is 24.0 Å². The molecule has 1 aromatic rings. The van der Waals surface area contributed by atoms with E-state index in [1.807, 2.05) is 17.5 Å². The molecule has 0 radical (unpaired) electrons. The van der Waals surface area contributed by atoms with Gasteiger partial charge in [-0.25, -0.2) is 4.79 Å². The average Bonchev–Trinajstić information content (AvgIpc) is 3.02. The molecule has 0 spiro atoms. The van der Waals surface area contributed by atoms with Crippen molar-refractivity contribution in [2.75, 3.05) is 13.1 Å². The van der Waals surface area contributed by atoms with Crippen LogP contribution in [0.25, 0.3) is 0 Å². The van der Waals surface area contributed by atoms with Gasteiger partial charge in [-0.2, -0.15) is 0 Å². The summed E-state index contributed by atoms with van der Waals surface area (Å²) in [6, 6.07) is 3.51. The van der Waals surface area contributed by atoms with E-state index >= 15 is 0 Å². The van der Waals surface area contributed by atoms with E-state index in [9.17, 15) is 9.59 Å². The highest BCUT2D eigenvalue weighted by Gasteiger charge is 2.35. The fourth-order valence-corrected chi connectivity index (χ4v) is 3.95. The third kappa shape index (κ3) is 3.20. The van der Waals surface area contributed by atoms with Gasteiger partial charge in [-0.1, -0.05) is 25.3 Å². The second-order valence-electron chi connectivity index (χ2n) is 5.69. The zero-order chi connectivity index (χ0) is 14.7. The first-order valence-electron chi connectivity index (χ1n) is 7.64. The van der Waals surface area contributed by atoms with Crippen molar-refractivity contribution in [2.45, 2.75) is 44.2 Å². The summed E-state index contributed by atoms with van der Waals surface area (Å²) in [5, 5.41) is 7.91. The lowest BCUT2D eigenvalue weighted by Gasteiger charge is -2.36. The molecule has 0 bridgehead atoms. The van der Waals surface area contributed by atoms with Crippen molar-refractivity contribution >= 4 is 23.3 Å². The topological polar surface area (TPSA) is 61.4 Å². The Balaban J connectivity index is 1.71. The zero-order valence-corrected chi connectivity index (χ0v) is 12.8. The summed E-state index contributed by atoms with van der Waals surface area (Å²) in [7, 11) is 0. The van der Waals surface area contributed by atoms with E-state index < -0.39 is 6.04 Å². The first-order valence-corrected chi connectivity index (χ1v) is 8.52. The van der Waals surface area contributed by atoms with Gasteiger partial charge in [-0.05, 0) is 24.3 Å². The van der Waals surface area contributed by atoms with E-state index in [4.69, 9.17) is 0 Å². The van der Waals surface area contributed by atoms with Crippen molar-refractivity contribution in [1.29, 1.82) is 0 Å². The van der Waals surface area contributed by atoms with Crippen LogP contribution in [-0.2, 0) is 4.79 Å². The molecule has 1 aliphatic heterocycles. The van der Waals surface area contributed by atoms with Crippen molar-refractivity contribution in [3.8, 4) is 0 Å². The summed E-state index contributed by atoms with van der Waals surface area (Å²) in [6.45, 7) is 1.09. The first-order chi connectivity index (χ1) is 10.3. The molecule has 3 amide bonds. The van der Waals surface area contributed by atoms with Crippen LogP contribution in [0.5, 0.6) is 0 Å². The number of urea groups is 1. The summed E-state index contributed by atoms with van der Waals surface area (Å²) in [5.41, 5.74) is 0. The highest BCUT2D eigenvalue weighted by Crippen LogP contribution is 2.27. The van der Waals surface area contributed by atoms with E-state index in [1.54, 1.807) is 4.90 Å². The Labute approximate surface area is 128 Å². The minimum absolute atomic E-state index is 0.0810. The largest absolute Gasteiger partial charge is 0.352 e. The summed E-state index contributed by atoms with van der Waals surface area (Å²) >= 11 is 1.52. The smallest absolute Gasteiger partial charge is 0.318 e. The van der Waals surface area contributed by atoms with Crippen LogP contribution in [0.15, 0.2) is 17.5 Å². The maximum absolute atomic E-state index is 12.6. The van der Waals surface area contributed by atoms with Gasteiger partial charge in [0.25, 0.3) is 0 Å². The fraction of sp³-hybridized carbons (Fsp3) is 0.600. The van der Waals surface area contributed by atoms with Crippen LogP contribution in [0.4, 0.5) is 4.79 Å². The Morgan fingerprint density at radius 1 is 1.33 bits per heavy atom. The molecule has 3 rings (SSSR count). The van der Waals surface area contributed by atoms with Crippen LogP contribution in [0.2, 0.25) is 0 Å². The number of piperazine rings is 1. The first kappa shape index (κ1) is 14.4. The SMILES string of the molecule is O=C1NCCN(C(=O)NC2CCCCC2)[C@@H]1c1cccs1. The summed E-state index contributed by atoms with van der Waals surface area (Å²) in [4.78, 5) is 27.3. The van der Waals surface area contributed by atoms with Crippen LogP contribution in [0.1, 0.15) is 43.0 Å². The van der Waals surface area contributed by atoms with E-state index in [1.165, 1.54) is 30.6 Å². The van der Waals surface area contributed by atoms with Gasteiger partial charge in [0.1, 0.15) is 6.04 Å². The Hall–Kier alpha value is -1.56. The minimum Gasteiger partial charge on any atom is -0.352 e. The van der Waals surface area contributed by atoms with E-state index in [2.05, 4.69) is 10.6 Å². The molecule has 5 nitrogen and oxygen atoms in total. The van der Waals surface area contributed by atoms with Crippen LogP contribution in [0.3, 0.4) is 0 Å². The van der Waals surface area contributed by atoms with E-state index in [0.29, 0.717) is 13.1 Å². The van der Waals surface area contributed by atoms with Crippen molar-refractivity contribution in [2.24, 2.45) is 0 Å². The molecule has 1 aliphatic carbocycles. The molecule has 2 fully saturated rings. The third-order valence-corrected chi connectivity index (χ3v) is 5.14. The van der Waals surface area contributed by atoms with Gasteiger partial charge in [0.15, 0.2) is 0 Å². The molecule has 21 heavy (non-hydrogen) atoms. The number of carbonyl (C=O) groups is 2. The van der Waals surface area contributed by atoms with E-state index in [-0.39, 0.29) is 18.0 Å². The van der Waals surface area contributed by atoms with Crippen LogP contribution < -0.4 is 10.6 Å². The number of hydrogen-bond donors (Lipinski definition) is 2. The van der Waals surface area contributed by atoms with Gasteiger partial charge in [0.2, 0.25) is 5.91 Å². The Morgan fingerprint density at radius 2 is 2.14 bits per heavy atom. The quantitative estimate of drug-likeness (QED) is 0.880. The van der Waals surface area contributed by atoms with Gasteiger partial charge >= 0.3 is 6.03 Å². The molecule has 0 aromatic carbocycles. The Morgan fingerprint density at radius 3 is 2.86 bits per heavy atom. The molecule has 2 N–H and O–H groups in total. The molecular weight excluding hydrogens is 286 g/mol. The second kappa shape index (κ2) is 6.47. The molecule has 1 saturated heterocycles. The number of amides is 3. The molecule has 1 atom stereocenters. The number of carbonyl (C=O) groups excluding carboxylic acids is 2. The van der Waals surface area contributed by atoms with Crippen molar-refractivity contribution in [3.63, 3.8) is 0 Å². The number of nitrogens with one attached hydrogen (secondary N) is 2. The standard InChI is InChI=1S/C15H21N3O2S/c19-14-13(12-7-4-10-21-12)18(9-8-16-14)15(20)17-11-5-2-1-3-6-11/h4,7,10-11,13H,1-3,5-6,8-9H2,(H,16,19)(H,17,20)/t13-/m1/s1. The summed E-state index contributed by atoms with van der Waals surface area (Å²) in [5.74, 6) is -0.0810. The number of rotatable bonds is 2. The van der Waals surface area contributed by atoms with Crippen molar-refractivity contribution in [1.82, 2.24) is 15.5 Å². The maximum Gasteiger partial charge on any atom is 0.318 e. The summed E-state index contributed by atoms with van der Waals surface area (Å²) in [6.07, 6.45) is 5.72. The lowest BCUT2D eigenvalue weighted by molar-refractivity contribution is -0.127. The molecule has 114 valence electrons. The van der Waals surface area contributed by atoms with Crippen molar-refractivity contribution < 1.29 is 9.59 Å². The van der Waals surface area contributed by atoms with Gasteiger partial charge in [0.05, 0.1) is 0 Å². The molecule has 2 aliphatic rings. The number of nitrogens with zero attached hydrogens (tertiary/aromatic N) is 1. The normalized spacial score (nSPS) is 23.7. The van der Waals surface area contributed by atoms with E-state index in [0.717, 1.165) is 17.7 Å². The molecule has 1 aromatic heterocycles. The minimum atomic E-state index is -0.484. The van der Waals surface area contributed by atoms with Crippen LogP contribution in [-0.4, -0.2) is 36.0 Å². The average molecular weight is 307 g/mol. The predicted octanol–water partition coefficient (Wildman–Crippen LogP) is 2.26. The Bertz CT molecular complexity index is 497. The second-order valence-corrected chi connectivity index (χ2v) is 6.67. The highest BCUT2D eigenvalue weighted by molar-refractivity contribution is 7.10. The lowest BCUT2D eigenvalue weighted by atomic mass is 9.95. The van der Waals surface area contributed by atoms with Gasteiger partial charge in [-0.3, -0.25) is 4.79 Å². The number of thiophene rings is 1. The monoisotopic (exact) mass is 307 g/mol. The highest BCUT2D eigenvalue weighted by atomic mass is 32.1.